The monoisotopic (exact) mass is 1040 g/mol. The predicted molar refractivity (Wildman–Crippen MR) is 269 cm³/mol. The summed E-state index contributed by atoms with van der Waals surface area (Å²) >= 11 is 0. The van der Waals surface area contributed by atoms with Crippen LogP contribution in [0, 0.1) is 27.7 Å². The Balaban J connectivity index is 0.000000581. The van der Waals surface area contributed by atoms with Crippen molar-refractivity contribution in [2.75, 3.05) is 82.1 Å². The van der Waals surface area contributed by atoms with Crippen molar-refractivity contribution in [3.63, 3.8) is 0 Å². The highest BCUT2D eigenvalue weighted by Crippen LogP contribution is 2.29. The standard InChI is InChI=1S/C24H33N3O6S.C14H21NO6S.C10H14N2O.ClH/c1-17-12-21(32-5)13-18(2)24(17)34(30,31)27(4)10-11-33-16-23(29)26(3)15-20-8-6-19(7-9-20)14-22(25)28;1-11-7-13(19-4)8-12(2)14(11)22(17,18)15(3)5-6-20-10-21-9-16;1-12-7-9-4-2-8(3-5-9)6-10(11)13;/h6-9,12-13H,10-11,14-16H2,1-5H3,(H2,25,28);7-9H,5-6,10H2,1-4H3;2-5,12H,6-7H2,1H3,(H2,11,13);1H. The number of nitrogens with two attached hydrogens (primary N) is 2. The van der Waals surface area contributed by atoms with Gasteiger partial charge in [0.2, 0.25) is 37.8 Å². The lowest BCUT2D eigenvalue weighted by atomic mass is 10.1. The fourth-order valence-electron chi connectivity index (χ4n) is 6.72. The van der Waals surface area contributed by atoms with Crippen molar-refractivity contribution >= 4 is 56.6 Å². The number of methoxy groups -OCH3 is 2. The van der Waals surface area contributed by atoms with Crippen molar-refractivity contribution in [2.45, 2.75) is 63.4 Å². The van der Waals surface area contributed by atoms with Crippen molar-refractivity contribution in [3.8, 4) is 11.5 Å². The third-order valence-corrected chi connectivity index (χ3v) is 14.6. The quantitative estimate of drug-likeness (QED) is 0.0488. The van der Waals surface area contributed by atoms with Gasteiger partial charge in [-0.05, 0) is 104 Å². The van der Waals surface area contributed by atoms with E-state index in [1.165, 1.54) is 47.4 Å². The Morgan fingerprint density at radius 3 is 1.36 bits per heavy atom. The van der Waals surface area contributed by atoms with E-state index in [0.29, 0.717) is 46.7 Å². The Labute approximate surface area is 419 Å². The summed E-state index contributed by atoms with van der Waals surface area (Å²) in [6.07, 6.45) is 0.491. The van der Waals surface area contributed by atoms with E-state index < -0.39 is 26.0 Å². The lowest BCUT2D eigenvalue weighted by Crippen LogP contribution is -2.33. The SMILES string of the molecule is CNCc1ccc(CC(N)=O)cc1.COc1cc(C)c(S(=O)(=O)N(C)CCOCC(=O)N(C)Cc2ccc(CC(N)=O)cc2)c(C)c1.COc1cc(C)c(S(=O)(=O)N(C)CCOCOC=O)c(C)c1.Cl. The summed E-state index contributed by atoms with van der Waals surface area (Å²) in [5.74, 6) is 0.301. The first kappa shape index (κ1) is 62.4. The average molecular weight is 1040 g/mol. The second kappa shape index (κ2) is 30.8. The van der Waals surface area contributed by atoms with Crippen LogP contribution >= 0.6 is 12.4 Å². The van der Waals surface area contributed by atoms with Crippen LogP contribution in [0.4, 0.5) is 0 Å². The minimum atomic E-state index is -3.72. The van der Waals surface area contributed by atoms with Gasteiger partial charge in [-0.1, -0.05) is 48.5 Å². The van der Waals surface area contributed by atoms with Crippen LogP contribution in [0.25, 0.3) is 0 Å². The molecule has 0 aliphatic carbocycles. The first-order chi connectivity index (χ1) is 32.5. The van der Waals surface area contributed by atoms with E-state index in [9.17, 15) is 36.0 Å². The summed E-state index contributed by atoms with van der Waals surface area (Å²) in [7, 11) is 2.24. The van der Waals surface area contributed by atoms with Gasteiger partial charge in [0, 0.05) is 47.3 Å². The minimum absolute atomic E-state index is 0. The predicted octanol–water partition coefficient (Wildman–Crippen LogP) is 3.57. The number of carbonyl (C=O) groups is 4. The van der Waals surface area contributed by atoms with E-state index in [1.54, 1.807) is 71.1 Å². The molecule has 5 N–H and O–H groups in total. The Hall–Kier alpha value is -5.65. The van der Waals surface area contributed by atoms with Gasteiger partial charge in [0.1, 0.15) is 18.1 Å². The second-order valence-electron chi connectivity index (χ2n) is 15.9. The van der Waals surface area contributed by atoms with Crippen LogP contribution in [-0.2, 0) is 79.4 Å². The molecule has 0 saturated carbocycles. The molecule has 0 spiro atoms. The zero-order valence-corrected chi connectivity index (χ0v) is 44.1. The maximum Gasteiger partial charge on any atom is 0.295 e. The fraction of sp³-hybridized carbons (Fsp3) is 0.417. The molecule has 0 aromatic heterocycles. The average Bonchev–Trinajstić information content (AvgIpc) is 3.28. The molecule has 4 aromatic rings. The molecule has 0 fully saturated rings. The van der Waals surface area contributed by atoms with E-state index in [4.69, 9.17) is 30.4 Å². The Morgan fingerprint density at radius 2 is 1.00 bits per heavy atom. The van der Waals surface area contributed by atoms with Crippen LogP contribution in [0.1, 0.15) is 44.5 Å². The summed E-state index contributed by atoms with van der Waals surface area (Å²) in [5, 5.41) is 3.05. The van der Waals surface area contributed by atoms with Crippen molar-refractivity contribution in [1.29, 1.82) is 0 Å². The smallest absolute Gasteiger partial charge is 0.295 e. The van der Waals surface area contributed by atoms with Gasteiger partial charge in [0.05, 0.1) is 50.1 Å². The van der Waals surface area contributed by atoms with Gasteiger partial charge in [-0.3, -0.25) is 19.2 Å². The third kappa shape index (κ3) is 20.4. The number of likely N-dealkylation sites (N-methyl/N-ethyl adjacent to an activating group) is 3. The number of nitrogens with zero attached hydrogens (tertiary/aromatic N) is 3. The van der Waals surface area contributed by atoms with Crippen molar-refractivity contribution in [2.24, 2.45) is 11.5 Å². The Kier molecular flexibility index (Phi) is 27.5. The number of amides is 3. The van der Waals surface area contributed by atoms with Crippen LogP contribution in [0.5, 0.6) is 11.5 Å². The molecule has 4 rings (SSSR count). The maximum atomic E-state index is 13.0. The number of hydrogen-bond donors (Lipinski definition) is 3. The summed E-state index contributed by atoms with van der Waals surface area (Å²) in [6, 6.07) is 21.9. The molecule has 0 heterocycles. The van der Waals surface area contributed by atoms with Crippen LogP contribution in [-0.4, -0.2) is 137 Å². The summed E-state index contributed by atoms with van der Waals surface area (Å²) in [5.41, 5.74) is 16.6. The largest absolute Gasteiger partial charge is 0.497 e. The summed E-state index contributed by atoms with van der Waals surface area (Å²) in [4.78, 5) is 45.9. The van der Waals surface area contributed by atoms with Gasteiger partial charge >= 0.3 is 0 Å². The van der Waals surface area contributed by atoms with E-state index in [2.05, 4.69) is 10.1 Å². The molecule has 70 heavy (non-hydrogen) atoms. The molecule has 0 aliphatic heterocycles. The van der Waals surface area contributed by atoms with Crippen molar-refractivity contribution in [3.05, 3.63) is 117 Å². The number of aryl methyl sites for hydroxylation is 4. The number of primary amides is 2. The molecule has 22 heteroatoms. The van der Waals surface area contributed by atoms with E-state index in [-0.39, 0.29) is 86.6 Å². The van der Waals surface area contributed by atoms with Crippen molar-refractivity contribution in [1.82, 2.24) is 18.8 Å². The Bertz CT molecular complexity index is 2480. The zero-order valence-electron chi connectivity index (χ0n) is 41.6. The third-order valence-electron chi connectivity index (χ3n) is 10.3. The molecule has 0 atom stereocenters. The topological polar surface area (TPSA) is 256 Å². The van der Waals surface area contributed by atoms with Crippen LogP contribution < -0.4 is 26.3 Å². The number of benzene rings is 4. The first-order valence-corrected chi connectivity index (χ1v) is 24.4. The lowest BCUT2D eigenvalue weighted by Gasteiger charge is -2.21. The van der Waals surface area contributed by atoms with Gasteiger partial charge in [0.15, 0.2) is 6.79 Å². The highest BCUT2D eigenvalue weighted by Gasteiger charge is 2.27. The lowest BCUT2D eigenvalue weighted by molar-refractivity contribution is -0.140. The Morgan fingerprint density at radius 1 is 0.629 bits per heavy atom. The molecule has 19 nitrogen and oxygen atoms in total. The van der Waals surface area contributed by atoms with Crippen LogP contribution in [0.3, 0.4) is 0 Å². The summed E-state index contributed by atoms with van der Waals surface area (Å²) < 4.78 is 78.9. The molecular weight excluding hydrogens is 968 g/mol. The number of halogens is 1. The molecular formula is C48H69ClN6O13S2. The number of ether oxygens (including phenoxy) is 5. The number of hydrogen-bond acceptors (Lipinski definition) is 14. The number of sulfonamides is 2. The normalized spacial score (nSPS) is 11.0. The second-order valence-corrected chi connectivity index (χ2v) is 19.8. The van der Waals surface area contributed by atoms with Crippen molar-refractivity contribution < 1.29 is 59.7 Å². The molecule has 3 amide bonds. The first-order valence-electron chi connectivity index (χ1n) is 21.6. The molecule has 0 saturated heterocycles. The fourth-order valence-corrected chi connectivity index (χ4v) is 9.84. The number of carbonyl (C=O) groups excluding carboxylic acids is 4. The molecule has 0 unspecified atom stereocenters. The van der Waals surface area contributed by atoms with E-state index in [0.717, 1.165) is 23.2 Å². The minimum Gasteiger partial charge on any atom is -0.497 e. The molecule has 388 valence electrons. The maximum absolute atomic E-state index is 13.0. The zero-order chi connectivity index (χ0) is 51.9. The molecule has 0 aliphatic rings. The molecule has 0 bridgehead atoms. The van der Waals surface area contributed by atoms with Crippen LogP contribution in [0.2, 0.25) is 0 Å². The van der Waals surface area contributed by atoms with Gasteiger partial charge < -0.3 is 45.4 Å². The van der Waals surface area contributed by atoms with Gasteiger partial charge in [-0.2, -0.15) is 8.61 Å². The van der Waals surface area contributed by atoms with Crippen LogP contribution in [0.15, 0.2) is 82.6 Å². The molecule has 0 radical (unpaired) electrons. The highest BCUT2D eigenvalue weighted by atomic mass is 35.5. The molecule has 4 aromatic carbocycles. The summed E-state index contributed by atoms with van der Waals surface area (Å²) in [6.45, 7) is 8.49. The number of nitrogens with one attached hydrogen (secondary N) is 1. The van der Waals surface area contributed by atoms with E-state index >= 15 is 0 Å². The van der Waals surface area contributed by atoms with Gasteiger partial charge in [-0.25, -0.2) is 16.8 Å². The highest BCUT2D eigenvalue weighted by molar-refractivity contribution is 7.89. The van der Waals surface area contributed by atoms with E-state index in [1.807, 2.05) is 43.4 Å². The van der Waals surface area contributed by atoms with Gasteiger partial charge in [-0.15, -0.1) is 12.4 Å². The van der Waals surface area contributed by atoms with Gasteiger partial charge in [0.25, 0.3) is 6.47 Å². The number of rotatable bonds is 25.